The minimum atomic E-state index is -0.183. The molecule has 3 nitrogen and oxygen atoms in total. The van der Waals surface area contributed by atoms with Crippen molar-refractivity contribution in [1.82, 2.24) is 4.98 Å². The first kappa shape index (κ1) is 8.40. The number of hydrogen-bond acceptors (Lipinski definition) is 4. The van der Waals surface area contributed by atoms with Gasteiger partial charge in [-0.25, -0.2) is 9.78 Å². The summed E-state index contributed by atoms with van der Waals surface area (Å²) in [7, 11) is 0. The van der Waals surface area contributed by atoms with Crippen molar-refractivity contribution in [2.75, 3.05) is 0 Å². The Morgan fingerprint density at radius 2 is 2.64 bits per heavy atom. The van der Waals surface area contributed by atoms with E-state index >= 15 is 0 Å². The van der Waals surface area contributed by atoms with Gasteiger partial charge >= 0.3 is 0 Å². The van der Waals surface area contributed by atoms with Gasteiger partial charge < -0.3 is 0 Å². The molecule has 0 aliphatic heterocycles. The van der Waals surface area contributed by atoms with Crippen molar-refractivity contribution in [2.45, 2.75) is 13.0 Å². The molecule has 0 saturated heterocycles. The van der Waals surface area contributed by atoms with Gasteiger partial charge in [0.15, 0.2) is 4.47 Å². The second kappa shape index (κ2) is 3.62. The summed E-state index contributed by atoms with van der Waals surface area (Å²) >= 11 is 6.89. The van der Waals surface area contributed by atoms with Crippen LogP contribution in [-0.4, -0.2) is 11.1 Å². The summed E-state index contributed by atoms with van der Waals surface area (Å²) in [5.74, 6) is 0. The highest BCUT2D eigenvalue weighted by molar-refractivity contribution is 7.15. The Morgan fingerprint density at radius 3 is 3.09 bits per heavy atom. The molecule has 0 amide bonds. The van der Waals surface area contributed by atoms with Crippen molar-refractivity contribution in [1.29, 1.82) is 0 Å². The first-order valence-electron chi connectivity index (χ1n) is 2.92. The molecular formula is C6H5ClN2OS. The van der Waals surface area contributed by atoms with Crippen molar-refractivity contribution < 1.29 is 4.79 Å². The number of hydrogen-bond donors (Lipinski definition) is 0. The third-order valence-corrected chi connectivity index (χ3v) is 2.44. The van der Waals surface area contributed by atoms with Crippen LogP contribution in [0.1, 0.15) is 17.8 Å². The van der Waals surface area contributed by atoms with Crippen molar-refractivity contribution in [3.63, 3.8) is 0 Å². The van der Waals surface area contributed by atoms with Crippen LogP contribution in [0.15, 0.2) is 11.2 Å². The predicted octanol–water partition coefficient (Wildman–Crippen LogP) is 2.19. The Morgan fingerprint density at radius 1 is 1.91 bits per heavy atom. The minimum absolute atomic E-state index is 0.183. The van der Waals surface area contributed by atoms with Gasteiger partial charge in [-0.2, -0.15) is 4.99 Å². The maximum absolute atomic E-state index is 9.85. The zero-order valence-corrected chi connectivity index (χ0v) is 7.32. The van der Waals surface area contributed by atoms with Crippen LogP contribution in [0, 0.1) is 0 Å². The summed E-state index contributed by atoms with van der Waals surface area (Å²) in [6.45, 7) is 1.79. The molecule has 0 saturated carbocycles. The fourth-order valence-corrected chi connectivity index (χ4v) is 1.54. The molecule has 0 radical (unpaired) electrons. The molecule has 0 aliphatic carbocycles. The topological polar surface area (TPSA) is 42.3 Å². The van der Waals surface area contributed by atoms with Crippen LogP contribution < -0.4 is 0 Å². The lowest BCUT2D eigenvalue weighted by molar-refractivity contribution is 0.560. The van der Waals surface area contributed by atoms with E-state index in [9.17, 15) is 4.79 Å². The van der Waals surface area contributed by atoms with Gasteiger partial charge in [0.1, 0.15) is 0 Å². The lowest BCUT2D eigenvalue weighted by Gasteiger charge is -1.95. The van der Waals surface area contributed by atoms with Crippen molar-refractivity contribution in [3.05, 3.63) is 15.5 Å². The summed E-state index contributed by atoms with van der Waals surface area (Å²) in [5.41, 5.74) is 0. The Labute approximate surface area is 72.7 Å². The molecule has 0 N–H and O–H groups in total. The van der Waals surface area contributed by atoms with Gasteiger partial charge in [0, 0.05) is 6.20 Å². The molecule has 1 aromatic heterocycles. The summed E-state index contributed by atoms with van der Waals surface area (Å²) in [5, 5.41) is 0. The van der Waals surface area contributed by atoms with Crippen LogP contribution in [0.2, 0.25) is 4.47 Å². The number of aromatic nitrogens is 1. The smallest absolute Gasteiger partial charge is 0.233 e. The van der Waals surface area contributed by atoms with Gasteiger partial charge in [0.25, 0.3) is 0 Å². The molecule has 0 fully saturated rings. The second-order valence-corrected chi connectivity index (χ2v) is 3.56. The molecular weight excluding hydrogens is 184 g/mol. The normalized spacial score (nSPS) is 12.2. The predicted molar refractivity (Wildman–Crippen MR) is 43.7 cm³/mol. The maximum Gasteiger partial charge on any atom is 0.235 e. The van der Waals surface area contributed by atoms with E-state index in [-0.39, 0.29) is 6.04 Å². The molecule has 0 aromatic carbocycles. The van der Waals surface area contributed by atoms with E-state index in [1.807, 2.05) is 0 Å². The van der Waals surface area contributed by atoms with Crippen molar-refractivity contribution in [3.8, 4) is 0 Å². The number of thiazole rings is 1. The first-order valence-corrected chi connectivity index (χ1v) is 4.11. The number of halogens is 1. The maximum atomic E-state index is 9.85. The van der Waals surface area contributed by atoms with E-state index < -0.39 is 0 Å². The highest BCUT2D eigenvalue weighted by Gasteiger charge is 2.06. The molecule has 0 spiro atoms. The lowest BCUT2D eigenvalue weighted by Crippen LogP contribution is -1.82. The highest BCUT2D eigenvalue weighted by Crippen LogP contribution is 2.25. The van der Waals surface area contributed by atoms with Gasteiger partial charge in [0.05, 0.1) is 10.9 Å². The summed E-state index contributed by atoms with van der Waals surface area (Å²) in [6, 6.07) is -0.183. The molecule has 1 heterocycles. The van der Waals surface area contributed by atoms with Gasteiger partial charge in [-0.1, -0.05) is 11.6 Å². The SMILES string of the molecule is CC(N=C=O)c1cnc(Cl)s1. The van der Waals surface area contributed by atoms with E-state index in [4.69, 9.17) is 11.6 Å². The van der Waals surface area contributed by atoms with Crippen LogP contribution in [0.4, 0.5) is 0 Å². The van der Waals surface area contributed by atoms with E-state index in [0.717, 1.165) is 4.88 Å². The van der Waals surface area contributed by atoms with E-state index in [0.29, 0.717) is 4.47 Å². The number of isocyanates is 1. The molecule has 1 unspecified atom stereocenters. The highest BCUT2D eigenvalue weighted by atomic mass is 35.5. The number of carbonyl (C=O) groups excluding carboxylic acids is 1. The quantitative estimate of drug-likeness (QED) is 0.528. The first-order chi connectivity index (χ1) is 5.24. The average molecular weight is 189 g/mol. The number of rotatable bonds is 2. The zero-order chi connectivity index (χ0) is 8.27. The fraction of sp³-hybridized carbons (Fsp3) is 0.333. The van der Waals surface area contributed by atoms with E-state index in [1.165, 1.54) is 17.4 Å². The second-order valence-electron chi connectivity index (χ2n) is 1.91. The van der Waals surface area contributed by atoms with Gasteiger partial charge in [-0.15, -0.1) is 11.3 Å². The van der Waals surface area contributed by atoms with Gasteiger partial charge in [0.2, 0.25) is 6.08 Å². The standard InChI is InChI=1S/C6H5ClN2OS/c1-4(9-3-10)5-2-8-6(7)11-5/h2,4H,1H3. The minimum Gasteiger partial charge on any atom is -0.233 e. The van der Waals surface area contributed by atoms with Gasteiger partial charge in [-0.3, -0.25) is 0 Å². The Hall–Kier alpha value is -0.700. The van der Waals surface area contributed by atoms with E-state index in [2.05, 4.69) is 9.98 Å². The van der Waals surface area contributed by atoms with E-state index in [1.54, 1.807) is 13.1 Å². The largest absolute Gasteiger partial charge is 0.235 e. The van der Waals surface area contributed by atoms with Crippen molar-refractivity contribution >= 4 is 29.0 Å². The summed E-state index contributed by atoms with van der Waals surface area (Å²) in [6.07, 6.45) is 3.10. The third-order valence-electron chi connectivity index (χ3n) is 1.15. The van der Waals surface area contributed by atoms with Gasteiger partial charge in [-0.05, 0) is 6.92 Å². The Kier molecular flexibility index (Phi) is 2.76. The zero-order valence-electron chi connectivity index (χ0n) is 5.74. The Balaban J connectivity index is 2.84. The summed E-state index contributed by atoms with van der Waals surface area (Å²) < 4.78 is 0.466. The molecule has 58 valence electrons. The fourth-order valence-electron chi connectivity index (χ4n) is 0.600. The van der Waals surface area contributed by atoms with Crippen LogP contribution in [0.5, 0.6) is 0 Å². The van der Waals surface area contributed by atoms with Crippen molar-refractivity contribution in [2.24, 2.45) is 4.99 Å². The number of nitrogens with zero attached hydrogens (tertiary/aromatic N) is 2. The summed E-state index contributed by atoms with van der Waals surface area (Å²) in [4.78, 5) is 18.1. The molecule has 11 heavy (non-hydrogen) atoms. The average Bonchev–Trinajstić information content (AvgIpc) is 2.36. The lowest BCUT2D eigenvalue weighted by atomic mass is 10.3. The molecule has 5 heteroatoms. The van der Waals surface area contributed by atoms with Crippen LogP contribution in [0.3, 0.4) is 0 Å². The molecule has 0 aliphatic rings. The molecule has 0 bridgehead atoms. The van der Waals surface area contributed by atoms with Crippen LogP contribution >= 0.6 is 22.9 Å². The molecule has 1 atom stereocenters. The molecule has 1 aromatic rings. The number of aliphatic imine (C=N–C) groups is 1. The Bertz CT molecular complexity index is 293. The monoisotopic (exact) mass is 188 g/mol. The molecule has 1 rings (SSSR count). The van der Waals surface area contributed by atoms with Crippen LogP contribution in [0.25, 0.3) is 0 Å². The van der Waals surface area contributed by atoms with Crippen LogP contribution in [-0.2, 0) is 4.79 Å². The third kappa shape index (κ3) is 2.12.